The van der Waals surface area contributed by atoms with Gasteiger partial charge in [0.2, 0.25) is 0 Å². The van der Waals surface area contributed by atoms with E-state index in [1.54, 1.807) is 24.3 Å². The van der Waals surface area contributed by atoms with Gasteiger partial charge >= 0.3 is 0 Å². The van der Waals surface area contributed by atoms with Gasteiger partial charge in [0.25, 0.3) is 5.69 Å². The van der Waals surface area contributed by atoms with Gasteiger partial charge in [-0.05, 0) is 42.0 Å². The Kier molecular flexibility index (Phi) is 4.93. The molecule has 0 spiro atoms. The molecule has 0 aliphatic carbocycles. The second-order valence-corrected chi connectivity index (χ2v) is 5.27. The van der Waals surface area contributed by atoms with Crippen LogP contribution in [0.1, 0.15) is 24.5 Å². The lowest BCUT2D eigenvalue weighted by molar-refractivity contribution is -0.384. The summed E-state index contributed by atoms with van der Waals surface area (Å²) in [5, 5.41) is 19.9. The summed E-state index contributed by atoms with van der Waals surface area (Å²) in [6.45, 7) is 2.15. The number of benzene rings is 2. The van der Waals surface area contributed by atoms with Crippen molar-refractivity contribution in [1.82, 2.24) is 0 Å². The summed E-state index contributed by atoms with van der Waals surface area (Å²) < 4.78 is 0. The first-order chi connectivity index (χ1) is 10.1. The molecule has 0 bridgehead atoms. The molecule has 0 aromatic heterocycles. The number of phenols is 1. The van der Waals surface area contributed by atoms with Crippen molar-refractivity contribution in [3.63, 3.8) is 0 Å². The lowest BCUT2D eigenvalue weighted by Gasteiger charge is -2.15. The van der Waals surface area contributed by atoms with E-state index in [9.17, 15) is 15.2 Å². The highest BCUT2D eigenvalue weighted by atomic mass is 16.6. The van der Waals surface area contributed by atoms with Crippen LogP contribution in [-0.2, 0) is 12.8 Å². The number of nitrogens with zero attached hydrogens (tertiary/aromatic N) is 1. The highest BCUT2D eigenvalue weighted by Crippen LogP contribution is 2.21. The Hall–Kier alpha value is -2.36. The summed E-state index contributed by atoms with van der Waals surface area (Å²) >= 11 is 0. The van der Waals surface area contributed by atoms with E-state index < -0.39 is 0 Å². The van der Waals surface area contributed by atoms with Crippen LogP contribution in [0.3, 0.4) is 0 Å². The van der Waals surface area contributed by atoms with Gasteiger partial charge in [0.15, 0.2) is 0 Å². The van der Waals surface area contributed by atoms with Crippen molar-refractivity contribution in [3.05, 3.63) is 69.8 Å². The molecule has 1 atom stereocenters. The molecule has 0 aliphatic rings. The topological polar surface area (TPSA) is 63.4 Å². The van der Waals surface area contributed by atoms with Gasteiger partial charge in [-0.1, -0.05) is 37.6 Å². The SMILES string of the molecule is CCC(Cc1ccc(O)cc1)Cc1ccc([N+](=O)[O-])cc1. The van der Waals surface area contributed by atoms with Crippen molar-refractivity contribution in [2.45, 2.75) is 26.2 Å². The van der Waals surface area contributed by atoms with Crippen LogP contribution in [0.25, 0.3) is 0 Å². The van der Waals surface area contributed by atoms with E-state index in [4.69, 9.17) is 0 Å². The summed E-state index contributed by atoms with van der Waals surface area (Å²) in [5.41, 5.74) is 2.44. The van der Waals surface area contributed by atoms with Crippen molar-refractivity contribution < 1.29 is 10.0 Å². The normalized spacial score (nSPS) is 12.0. The molecule has 0 fully saturated rings. The smallest absolute Gasteiger partial charge is 0.269 e. The fourth-order valence-electron chi connectivity index (χ4n) is 2.41. The number of phenolic OH excluding ortho intramolecular Hbond substituents is 1. The van der Waals surface area contributed by atoms with E-state index in [-0.39, 0.29) is 16.4 Å². The number of aromatic hydroxyl groups is 1. The molecule has 110 valence electrons. The first-order valence-corrected chi connectivity index (χ1v) is 7.09. The zero-order valence-corrected chi connectivity index (χ0v) is 12.0. The maximum Gasteiger partial charge on any atom is 0.269 e. The average molecular weight is 285 g/mol. The minimum atomic E-state index is -0.377. The second kappa shape index (κ2) is 6.88. The average Bonchev–Trinajstić information content (AvgIpc) is 2.49. The van der Waals surface area contributed by atoms with Gasteiger partial charge in [-0.3, -0.25) is 10.1 Å². The minimum Gasteiger partial charge on any atom is -0.508 e. The van der Waals surface area contributed by atoms with Gasteiger partial charge in [0.05, 0.1) is 4.92 Å². The molecule has 0 heterocycles. The fourth-order valence-corrected chi connectivity index (χ4v) is 2.41. The van der Waals surface area contributed by atoms with Gasteiger partial charge in [0, 0.05) is 12.1 Å². The van der Waals surface area contributed by atoms with Crippen molar-refractivity contribution in [3.8, 4) is 5.75 Å². The number of nitro benzene ring substituents is 1. The van der Waals surface area contributed by atoms with Crippen LogP contribution in [0.4, 0.5) is 5.69 Å². The third kappa shape index (κ3) is 4.31. The number of non-ortho nitro benzene ring substituents is 1. The highest BCUT2D eigenvalue weighted by molar-refractivity contribution is 5.33. The molecule has 0 aliphatic heterocycles. The summed E-state index contributed by atoms with van der Waals surface area (Å²) in [7, 11) is 0. The maximum atomic E-state index is 10.6. The zero-order valence-electron chi connectivity index (χ0n) is 12.0. The Morgan fingerprint density at radius 1 is 1.00 bits per heavy atom. The van der Waals surface area contributed by atoms with Gasteiger partial charge in [-0.2, -0.15) is 0 Å². The molecule has 0 saturated heterocycles. The lowest BCUT2D eigenvalue weighted by Crippen LogP contribution is -2.07. The summed E-state index contributed by atoms with van der Waals surface area (Å²) in [5.74, 6) is 0.762. The van der Waals surface area contributed by atoms with Crippen LogP contribution in [0.15, 0.2) is 48.5 Å². The Bertz CT molecular complexity index is 590. The van der Waals surface area contributed by atoms with Gasteiger partial charge < -0.3 is 5.11 Å². The molecule has 1 N–H and O–H groups in total. The molecule has 2 rings (SSSR count). The van der Waals surface area contributed by atoms with E-state index in [2.05, 4.69) is 6.92 Å². The molecule has 4 nitrogen and oxygen atoms in total. The quantitative estimate of drug-likeness (QED) is 0.641. The van der Waals surface area contributed by atoms with Crippen LogP contribution < -0.4 is 0 Å². The van der Waals surface area contributed by atoms with Crippen LogP contribution >= 0.6 is 0 Å². The van der Waals surface area contributed by atoms with E-state index in [1.165, 1.54) is 5.56 Å². The van der Waals surface area contributed by atoms with Crippen molar-refractivity contribution in [2.24, 2.45) is 5.92 Å². The number of rotatable bonds is 6. The summed E-state index contributed by atoms with van der Waals surface area (Å²) in [4.78, 5) is 10.3. The summed E-state index contributed by atoms with van der Waals surface area (Å²) in [6, 6.07) is 14.1. The van der Waals surface area contributed by atoms with E-state index >= 15 is 0 Å². The molecule has 0 amide bonds. The molecule has 2 aromatic rings. The molecular formula is C17H19NO3. The molecule has 4 heteroatoms. The monoisotopic (exact) mass is 285 g/mol. The zero-order chi connectivity index (χ0) is 15.2. The fraction of sp³-hybridized carbons (Fsp3) is 0.294. The maximum absolute atomic E-state index is 10.6. The van der Waals surface area contributed by atoms with Gasteiger partial charge in [0.1, 0.15) is 5.75 Å². The highest BCUT2D eigenvalue weighted by Gasteiger charge is 2.10. The van der Waals surface area contributed by atoms with E-state index in [1.807, 2.05) is 24.3 Å². The Morgan fingerprint density at radius 2 is 1.48 bits per heavy atom. The molecule has 1 unspecified atom stereocenters. The standard InChI is InChI=1S/C17H19NO3/c1-2-13(12-15-5-9-17(19)10-6-15)11-14-3-7-16(8-4-14)18(20)21/h3-10,13,19H,2,11-12H2,1H3. The summed E-state index contributed by atoms with van der Waals surface area (Å²) in [6.07, 6.45) is 2.88. The first-order valence-electron chi connectivity index (χ1n) is 7.09. The predicted octanol–water partition coefficient (Wildman–Crippen LogP) is 4.11. The number of hydrogen-bond donors (Lipinski definition) is 1. The third-order valence-corrected chi connectivity index (χ3v) is 3.71. The van der Waals surface area contributed by atoms with Gasteiger partial charge in [-0.15, -0.1) is 0 Å². The van der Waals surface area contributed by atoms with Crippen LogP contribution in [0.2, 0.25) is 0 Å². The van der Waals surface area contributed by atoms with Crippen molar-refractivity contribution >= 4 is 5.69 Å². The molecule has 2 aromatic carbocycles. The van der Waals surface area contributed by atoms with E-state index in [0.29, 0.717) is 5.92 Å². The van der Waals surface area contributed by atoms with Crippen LogP contribution in [0, 0.1) is 16.0 Å². The largest absolute Gasteiger partial charge is 0.508 e. The Balaban J connectivity index is 2.01. The van der Waals surface area contributed by atoms with Crippen LogP contribution in [-0.4, -0.2) is 10.0 Å². The van der Waals surface area contributed by atoms with Crippen molar-refractivity contribution in [2.75, 3.05) is 0 Å². The predicted molar refractivity (Wildman–Crippen MR) is 82.4 cm³/mol. The molecule has 0 radical (unpaired) electrons. The van der Waals surface area contributed by atoms with Crippen molar-refractivity contribution in [1.29, 1.82) is 0 Å². The second-order valence-electron chi connectivity index (χ2n) is 5.27. The Labute approximate surface area is 124 Å². The first kappa shape index (κ1) is 15.0. The third-order valence-electron chi connectivity index (χ3n) is 3.71. The minimum absolute atomic E-state index is 0.130. The molecule has 0 saturated carbocycles. The lowest BCUT2D eigenvalue weighted by atomic mass is 9.90. The number of nitro groups is 1. The molecular weight excluding hydrogens is 266 g/mol. The Morgan fingerprint density at radius 3 is 1.90 bits per heavy atom. The van der Waals surface area contributed by atoms with Gasteiger partial charge in [-0.25, -0.2) is 0 Å². The molecule has 21 heavy (non-hydrogen) atoms. The number of hydrogen-bond acceptors (Lipinski definition) is 3. The van der Waals surface area contributed by atoms with E-state index in [0.717, 1.165) is 24.8 Å². The van der Waals surface area contributed by atoms with Crippen LogP contribution in [0.5, 0.6) is 5.75 Å².